The Hall–Kier alpha value is -2.10. The van der Waals surface area contributed by atoms with Crippen molar-refractivity contribution in [3.63, 3.8) is 0 Å². The van der Waals surface area contributed by atoms with Crippen LogP contribution in [0.15, 0.2) is 34.7 Å². The van der Waals surface area contributed by atoms with Gasteiger partial charge in [-0.05, 0) is 44.6 Å². The van der Waals surface area contributed by atoms with Crippen LogP contribution in [0.2, 0.25) is 0 Å². The molecule has 0 bridgehead atoms. The van der Waals surface area contributed by atoms with Gasteiger partial charge in [0.25, 0.3) is 0 Å². The van der Waals surface area contributed by atoms with Crippen molar-refractivity contribution >= 4 is 23.7 Å². The molecule has 0 aliphatic rings. The minimum atomic E-state index is -0.262. The number of furan rings is 1. The molecule has 184 valence electrons. The average Bonchev–Trinajstić information content (AvgIpc) is 3.03. The molecule has 1 aromatic heterocycles. The van der Waals surface area contributed by atoms with Gasteiger partial charge in [-0.2, -0.15) is 0 Å². The van der Waals surface area contributed by atoms with Crippen molar-refractivity contribution in [1.82, 2.24) is 0 Å². The molecule has 0 atom stereocenters. The largest absolute Gasteiger partial charge is 0.466 e. The van der Waals surface area contributed by atoms with Gasteiger partial charge in [-0.25, -0.2) is 0 Å². The van der Waals surface area contributed by atoms with Gasteiger partial charge < -0.3 is 13.0 Å². The lowest BCUT2D eigenvalue weighted by Crippen LogP contribution is -2.17. The van der Waals surface area contributed by atoms with Gasteiger partial charge in [0, 0.05) is 33.7 Å². The molecular formula is C29H36Cl2O3. The standard InChI is InChI=1S/C29H36Cl2O3/c1-16-11-21(26(33-30)23(13-16)28(5,6)7)25(20-15-18(3)32-19(20)4)22-12-17(2)14-24(27(22)34-31)29(8,9)10/h11-15,25H,1-10H3. The quantitative estimate of drug-likeness (QED) is 0.348. The Morgan fingerprint density at radius 1 is 0.647 bits per heavy atom. The van der Waals surface area contributed by atoms with E-state index < -0.39 is 0 Å². The molecule has 0 saturated carbocycles. The minimum absolute atomic E-state index is 0.175. The highest BCUT2D eigenvalue weighted by Crippen LogP contribution is 2.49. The van der Waals surface area contributed by atoms with E-state index >= 15 is 0 Å². The zero-order chi connectivity index (χ0) is 25.6. The van der Waals surface area contributed by atoms with E-state index in [0.29, 0.717) is 11.5 Å². The topological polar surface area (TPSA) is 31.6 Å². The molecule has 2 aromatic carbocycles. The van der Waals surface area contributed by atoms with E-state index in [1.165, 1.54) is 0 Å². The summed E-state index contributed by atoms with van der Waals surface area (Å²) in [6.45, 7) is 21.1. The van der Waals surface area contributed by atoms with Crippen molar-refractivity contribution in [2.75, 3.05) is 0 Å². The first-order valence-electron chi connectivity index (χ1n) is 11.6. The molecule has 3 rings (SSSR count). The van der Waals surface area contributed by atoms with E-state index in [4.69, 9.17) is 36.7 Å². The highest BCUT2D eigenvalue weighted by molar-refractivity contribution is 6.09. The second-order valence-electron chi connectivity index (χ2n) is 11.4. The Bertz CT molecular complexity index is 1120. The monoisotopic (exact) mass is 502 g/mol. The summed E-state index contributed by atoms with van der Waals surface area (Å²) in [4.78, 5) is 0. The predicted octanol–water partition coefficient (Wildman–Crippen LogP) is 9.35. The summed E-state index contributed by atoms with van der Waals surface area (Å²) in [5.74, 6) is 2.72. The summed E-state index contributed by atoms with van der Waals surface area (Å²) in [5.41, 5.74) is 6.90. The van der Waals surface area contributed by atoms with Crippen molar-refractivity contribution in [1.29, 1.82) is 0 Å². The molecule has 5 heteroatoms. The zero-order valence-corrected chi connectivity index (χ0v) is 23.5. The first-order chi connectivity index (χ1) is 15.7. The van der Waals surface area contributed by atoms with Crippen molar-refractivity contribution < 1.29 is 13.0 Å². The third-order valence-corrected chi connectivity index (χ3v) is 6.62. The van der Waals surface area contributed by atoms with Gasteiger partial charge in [0.05, 0.1) is 0 Å². The lowest BCUT2D eigenvalue weighted by Gasteiger charge is -2.30. The summed E-state index contributed by atoms with van der Waals surface area (Å²) < 4.78 is 17.2. The van der Waals surface area contributed by atoms with Gasteiger partial charge in [0.15, 0.2) is 11.5 Å². The molecule has 0 aliphatic heterocycles. The first kappa shape index (κ1) is 26.5. The fourth-order valence-electron chi connectivity index (χ4n) is 4.76. The number of hydrogen-bond acceptors (Lipinski definition) is 3. The Labute approximate surface area is 214 Å². The van der Waals surface area contributed by atoms with E-state index in [1.54, 1.807) is 0 Å². The molecule has 3 nitrogen and oxygen atoms in total. The van der Waals surface area contributed by atoms with Crippen LogP contribution in [0.1, 0.15) is 97.9 Å². The molecule has 0 amide bonds. The van der Waals surface area contributed by atoms with Crippen LogP contribution < -0.4 is 8.58 Å². The maximum Gasteiger partial charge on any atom is 0.154 e. The lowest BCUT2D eigenvalue weighted by molar-refractivity contribution is 0.498. The summed E-state index contributed by atoms with van der Waals surface area (Å²) in [7, 11) is 0. The van der Waals surface area contributed by atoms with Crippen LogP contribution in [-0.4, -0.2) is 0 Å². The Balaban J connectivity index is 2.51. The maximum absolute atomic E-state index is 6.19. The molecule has 0 unspecified atom stereocenters. The number of benzene rings is 2. The molecule has 0 saturated heterocycles. The van der Waals surface area contributed by atoms with Crippen LogP contribution in [0.5, 0.6) is 11.5 Å². The van der Waals surface area contributed by atoms with Crippen LogP contribution >= 0.6 is 23.7 Å². The Morgan fingerprint density at radius 3 is 1.35 bits per heavy atom. The fraction of sp³-hybridized carbons (Fsp3) is 0.448. The smallest absolute Gasteiger partial charge is 0.154 e. The molecule has 3 aromatic rings. The van der Waals surface area contributed by atoms with E-state index in [2.05, 4.69) is 85.7 Å². The summed E-state index contributed by atoms with van der Waals surface area (Å²) in [6, 6.07) is 10.6. The average molecular weight is 504 g/mol. The van der Waals surface area contributed by atoms with Crippen molar-refractivity contribution in [2.45, 2.75) is 86.0 Å². The van der Waals surface area contributed by atoms with Gasteiger partial charge in [-0.15, -0.1) is 0 Å². The third-order valence-electron chi connectivity index (χ3n) is 6.31. The van der Waals surface area contributed by atoms with Crippen LogP contribution in [-0.2, 0) is 10.8 Å². The van der Waals surface area contributed by atoms with Crippen molar-refractivity contribution in [2.24, 2.45) is 0 Å². The van der Waals surface area contributed by atoms with Gasteiger partial charge in [0.2, 0.25) is 0 Å². The molecule has 0 aliphatic carbocycles. The van der Waals surface area contributed by atoms with Gasteiger partial charge in [-0.1, -0.05) is 76.9 Å². The highest BCUT2D eigenvalue weighted by atomic mass is 35.5. The molecule has 34 heavy (non-hydrogen) atoms. The van der Waals surface area contributed by atoms with Crippen LogP contribution in [0.4, 0.5) is 0 Å². The van der Waals surface area contributed by atoms with Gasteiger partial charge in [-0.3, -0.25) is 0 Å². The number of aryl methyl sites for hydroxylation is 4. The lowest BCUT2D eigenvalue weighted by atomic mass is 9.76. The molecule has 0 N–H and O–H groups in total. The maximum atomic E-state index is 6.19. The van der Waals surface area contributed by atoms with Crippen LogP contribution in [0.3, 0.4) is 0 Å². The molecule has 0 spiro atoms. The van der Waals surface area contributed by atoms with Crippen LogP contribution in [0.25, 0.3) is 0 Å². The first-order valence-corrected chi connectivity index (χ1v) is 12.2. The third kappa shape index (κ3) is 5.11. The number of halogens is 2. The number of rotatable bonds is 5. The normalized spacial score (nSPS) is 12.4. The van der Waals surface area contributed by atoms with Crippen molar-refractivity contribution in [3.8, 4) is 11.5 Å². The zero-order valence-electron chi connectivity index (χ0n) is 21.9. The molecular weight excluding hydrogens is 467 g/mol. The van der Waals surface area contributed by atoms with Gasteiger partial charge >= 0.3 is 0 Å². The summed E-state index contributed by atoms with van der Waals surface area (Å²) in [6.07, 6.45) is 0. The fourth-order valence-corrected chi connectivity index (χ4v) is 5.10. The highest BCUT2D eigenvalue weighted by Gasteiger charge is 2.34. The molecule has 0 radical (unpaired) electrons. The molecule has 0 fully saturated rings. The van der Waals surface area contributed by atoms with E-state index in [1.807, 2.05) is 13.8 Å². The SMILES string of the molecule is Cc1cc(C(c2cc(C)oc2C)c2cc(C)cc(C(C)(C)C)c2OCl)c(OCl)c(C(C)(C)C)c1. The van der Waals surface area contributed by atoms with Crippen LogP contribution in [0, 0.1) is 27.7 Å². The van der Waals surface area contributed by atoms with E-state index in [-0.39, 0.29) is 16.7 Å². The predicted molar refractivity (Wildman–Crippen MR) is 142 cm³/mol. The summed E-state index contributed by atoms with van der Waals surface area (Å²) >= 11 is 12.4. The minimum Gasteiger partial charge on any atom is -0.466 e. The molecule has 1 heterocycles. The Kier molecular flexibility index (Phi) is 7.41. The van der Waals surface area contributed by atoms with Crippen molar-refractivity contribution in [3.05, 3.63) is 80.8 Å². The summed E-state index contributed by atoms with van der Waals surface area (Å²) in [5, 5.41) is 0. The number of hydrogen-bond donors (Lipinski definition) is 0. The second kappa shape index (κ2) is 9.51. The second-order valence-corrected chi connectivity index (χ2v) is 11.7. The van der Waals surface area contributed by atoms with E-state index in [0.717, 1.165) is 50.5 Å². The van der Waals surface area contributed by atoms with E-state index in [9.17, 15) is 0 Å². The van der Waals surface area contributed by atoms with Gasteiger partial charge in [0.1, 0.15) is 35.3 Å². The Morgan fingerprint density at radius 2 is 1.06 bits per heavy atom.